The molecule has 218 valence electrons. The molecule has 0 spiro atoms. The fourth-order valence-corrected chi connectivity index (χ4v) is 4.57. The van der Waals surface area contributed by atoms with E-state index in [1.54, 1.807) is 0 Å². The molecule has 1 fully saturated rings. The predicted molar refractivity (Wildman–Crippen MR) is 144 cm³/mol. The van der Waals surface area contributed by atoms with Crippen molar-refractivity contribution < 1.29 is 27.4 Å². The summed E-state index contributed by atoms with van der Waals surface area (Å²) in [5.41, 5.74) is -1.73. The molecule has 1 aliphatic rings. The van der Waals surface area contributed by atoms with Gasteiger partial charge in [0.2, 0.25) is 11.9 Å². The van der Waals surface area contributed by atoms with Crippen molar-refractivity contribution in [3.8, 4) is 17.6 Å². The predicted octanol–water partition coefficient (Wildman–Crippen LogP) is 4.39. The lowest BCUT2D eigenvalue weighted by Gasteiger charge is -2.21. The van der Waals surface area contributed by atoms with Crippen LogP contribution in [0.15, 0.2) is 41.6 Å². The summed E-state index contributed by atoms with van der Waals surface area (Å²) in [6, 6.07) is 5.77. The summed E-state index contributed by atoms with van der Waals surface area (Å²) in [4.78, 5) is 37.6. The quantitative estimate of drug-likeness (QED) is 0.324. The van der Waals surface area contributed by atoms with Crippen molar-refractivity contribution in [3.63, 3.8) is 0 Å². The van der Waals surface area contributed by atoms with E-state index >= 15 is 0 Å². The van der Waals surface area contributed by atoms with Crippen LogP contribution in [0.4, 0.5) is 30.6 Å². The average molecular weight is 583 g/mol. The number of carbonyl (C=O) groups is 1. The van der Waals surface area contributed by atoms with Crippen LogP contribution in [-0.2, 0) is 29.8 Å². The normalized spacial score (nSPS) is 15.3. The van der Waals surface area contributed by atoms with Gasteiger partial charge in [-0.1, -0.05) is 0 Å². The van der Waals surface area contributed by atoms with Crippen LogP contribution in [-0.4, -0.2) is 42.7 Å². The monoisotopic (exact) mass is 582 g/mol. The van der Waals surface area contributed by atoms with Gasteiger partial charge in [-0.2, -0.15) is 23.4 Å². The van der Waals surface area contributed by atoms with E-state index < -0.39 is 17.3 Å². The van der Waals surface area contributed by atoms with Gasteiger partial charge < -0.3 is 29.2 Å². The van der Waals surface area contributed by atoms with Crippen LogP contribution in [0, 0.1) is 11.3 Å². The molecule has 15 heteroatoms. The summed E-state index contributed by atoms with van der Waals surface area (Å²) in [6.45, 7) is 0.636. The van der Waals surface area contributed by atoms with Gasteiger partial charge in [0.05, 0.1) is 24.3 Å². The molecule has 0 unspecified atom stereocenters. The van der Waals surface area contributed by atoms with Gasteiger partial charge in [-0.3, -0.25) is 9.59 Å². The van der Waals surface area contributed by atoms with E-state index in [2.05, 4.69) is 31.7 Å². The molecular weight excluding hydrogens is 557 g/mol. The standard InChI is InChI=1S/C27H25F3N8O4/c1-37-14-15(27(28,29)30)9-19(25(37)40)34-26-36-24-23(38(26)2)18(12-31)20(13-33-24)42-17-6-7-32-21(10-17)35-22(39)11-16-5-3-4-8-41-16/h6-7,9-10,13-14,16H,3-5,8,11H2,1-2H3,(H,32,35,39)(H,33,34,36)/t16-/m1/s1. The van der Waals surface area contributed by atoms with Crippen molar-refractivity contribution in [1.82, 2.24) is 24.1 Å². The third kappa shape index (κ3) is 6.03. The third-order valence-electron chi connectivity index (χ3n) is 6.65. The molecule has 5 heterocycles. The second-order valence-corrected chi connectivity index (χ2v) is 9.68. The molecule has 4 aromatic heterocycles. The first-order valence-corrected chi connectivity index (χ1v) is 12.9. The number of aryl methyl sites for hydroxylation is 2. The fourth-order valence-electron chi connectivity index (χ4n) is 4.57. The Kier molecular flexibility index (Phi) is 7.81. The number of hydrogen-bond donors (Lipinski definition) is 2. The van der Waals surface area contributed by atoms with Gasteiger partial charge in [0, 0.05) is 39.2 Å². The molecule has 1 atom stereocenters. The number of rotatable bonds is 7. The molecule has 12 nitrogen and oxygen atoms in total. The number of nitriles is 1. The Morgan fingerprint density at radius 3 is 2.79 bits per heavy atom. The maximum atomic E-state index is 13.3. The number of nitrogens with zero attached hydrogens (tertiary/aromatic N) is 6. The second kappa shape index (κ2) is 11.5. The summed E-state index contributed by atoms with van der Waals surface area (Å²) < 4.78 is 53.7. The maximum Gasteiger partial charge on any atom is 0.417 e. The van der Waals surface area contributed by atoms with Gasteiger partial charge in [-0.15, -0.1) is 0 Å². The summed E-state index contributed by atoms with van der Waals surface area (Å²) in [5.74, 6) is 0.306. The molecule has 0 saturated carbocycles. The molecule has 4 aromatic rings. The zero-order valence-corrected chi connectivity index (χ0v) is 22.5. The molecule has 0 radical (unpaired) electrons. The van der Waals surface area contributed by atoms with Gasteiger partial charge >= 0.3 is 6.18 Å². The van der Waals surface area contributed by atoms with Crippen LogP contribution in [0.25, 0.3) is 11.2 Å². The van der Waals surface area contributed by atoms with Crippen molar-refractivity contribution in [1.29, 1.82) is 5.26 Å². The summed E-state index contributed by atoms with van der Waals surface area (Å²) >= 11 is 0. The number of anilines is 3. The number of pyridine rings is 3. The second-order valence-electron chi connectivity index (χ2n) is 9.68. The Morgan fingerprint density at radius 1 is 1.26 bits per heavy atom. The highest BCUT2D eigenvalue weighted by molar-refractivity contribution is 5.90. The Hall–Kier alpha value is -4.97. The number of imidazole rings is 1. The number of fused-ring (bicyclic) bond motifs is 1. The highest BCUT2D eigenvalue weighted by Crippen LogP contribution is 2.33. The number of hydrogen-bond acceptors (Lipinski definition) is 9. The van der Waals surface area contributed by atoms with Gasteiger partial charge in [0.1, 0.15) is 34.4 Å². The molecule has 1 saturated heterocycles. The Morgan fingerprint density at radius 2 is 2.07 bits per heavy atom. The first-order chi connectivity index (χ1) is 20.0. The lowest BCUT2D eigenvalue weighted by Crippen LogP contribution is -2.25. The minimum Gasteiger partial charge on any atom is -0.454 e. The lowest BCUT2D eigenvalue weighted by molar-refractivity contribution is -0.138. The number of amides is 1. The highest BCUT2D eigenvalue weighted by atomic mass is 19.4. The van der Waals surface area contributed by atoms with Crippen molar-refractivity contribution >= 4 is 34.5 Å². The summed E-state index contributed by atoms with van der Waals surface area (Å²) in [5, 5.41) is 15.3. The molecule has 42 heavy (non-hydrogen) atoms. The Bertz CT molecular complexity index is 1750. The van der Waals surface area contributed by atoms with Crippen LogP contribution in [0.5, 0.6) is 11.5 Å². The van der Waals surface area contributed by atoms with E-state index in [9.17, 15) is 28.0 Å². The topological polar surface area (TPSA) is 149 Å². The number of carbonyl (C=O) groups excluding carboxylic acids is 1. The maximum absolute atomic E-state index is 13.3. The first-order valence-electron chi connectivity index (χ1n) is 12.9. The zero-order chi connectivity index (χ0) is 30.0. The Labute approximate surface area is 236 Å². The average Bonchev–Trinajstić information content (AvgIpc) is 3.26. The number of nitrogens with one attached hydrogen (secondary N) is 2. The van der Waals surface area contributed by atoms with E-state index in [4.69, 9.17) is 9.47 Å². The first kappa shape index (κ1) is 28.6. The smallest absolute Gasteiger partial charge is 0.417 e. The molecule has 0 bridgehead atoms. The van der Waals surface area contributed by atoms with E-state index in [1.807, 2.05) is 0 Å². The van der Waals surface area contributed by atoms with E-state index in [-0.39, 0.29) is 64.1 Å². The summed E-state index contributed by atoms with van der Waals surface area (Å²) in [6.07, 6.45) is 1.62. The van der Waals surface area contributed by atoms with E-state index in [1.165, 1.54) is 43.2 Å². The van der Waals surface area contributed by atoms with Crippen molar-refractivity contribution in [2.45, 2.75) is 38.0 Å². The van der Waals surface area contributed by atoms with Crippen LogP contribution in [0.3, 0.4) is 0 Å². The SMILES string of the molecule is Cn1cc(C(F)(F)F)cc(Nc2nc3ncc(Oc4ccnc(NC(=O)C[C@H]5CCCCO5)c4)c(C#N)c3n2C)c1=O. The van der Waals surface area contributed by atoms with Crippen LogP contribution >= 0.6 is 0 Å². The van der Waals surface area contributed by atoms with Crippen molar-refractivity contribution in [2.75, 3.05) is 17.2 Å². The minimum atomic E-state index is -4.67. The number of halogens is 3. The van der Waals surface area contributed by atoms with Gasteiger partial charge in [-0.05, 0) is 31.4 Å². The van der Waals surface area contributed by atoms with Gasteiger partial charge in [0.15, 0.2) is 11.4 Å². The van der Waals surface area contributed by atoms with Crippen molar-refractivity contribution in [2.24, 2.45) is 14.1 Å². The number of ether oxygens (including phenoxy) is 2. The third-order valence-corrected chi connectivity index (χ3v) is 6.65. The van der Waals surface area contributed by atoms with Crippen LogP contribution < -0.4 is 20.9 Å². The molecule has 0 aromatic carbocycles. The number of alkyl halides is 3. The number of aromatic nitrogens is 5. The highest BCUT2D eigenvalue weighted by Gasteiger charge is 2.32. The van der Waals surface area contributed by atoms with Crippen LogP contribution in [0.1, 0.15) is 36.8 Å². The molecule has 0 aliphatic carbocycles. The van der Waals surface area contributed by atoms with Gasteiger partial charge in [0.25, 0.3) is 5.56 Å². The van der Waals surface area contributed by atoms with Crippen molar-refractivity contribution in [3.05, 3.63) is 58.3 Å². The Balaban J connectivity index is 1.39. The summed E-state index contributed by atoms with van der Waals surface area (Å²) in [7, 11) is 2.72. The molecule has 1 aliphatic heterocycles. The van der Waals surface area contributed by atoms with E-state index in [0.29, 0.717) is 18.9 Å². The van der Waals surface area contributed by atoms with Crippen LogP contribution in [0.2, 0.25) is 0 Å². The fraction of sp³-hybridized carbons (Fsp3) is 0.333. The van der Waals surface area contributed by atoms with E-state index in [0.717, 1.165) is 23.8 Å². The van der Waals surface area contributed by atoms with Gasteiger partial charge in [-0.25, -0.2) is 9.97 Å². The zero-order valence-electron chi connectivity index (χ0n) is 22.5. The minimum absolute atomic E-state index is 0.0153. The lowest BCUT2D eigenvalue weighted by atomic mass is 10.1. The molecular formula is C27H25F3N8O4. The molecule has 1 amide bonds. The largest absolute Gasteiger partial charge is 0.454 e. The molecule has 5 rings (SSSR count). The molecule has 2 N–H and O–H groups in total.